The van der Waals surface area contributed by atoms with E-state index >= 15 is 0 Å². The van der Waals surface area contributed by atoms with E-state index in [1.54, 1.807) is 30.7 Å². The molecule has 1 aliphatic carbocycles. The van der Waals surface area contributed by atoms with Crippen molar-refractivity contribution in [3.8, 4) is 22.6 Å². The van der Waals surface area contributed by atoms with Crippen LogP contribution in [0.15, 0.2) is 42.9 Å². The highest BCUT2D eigenvalue weighted by Gasteiger charge is 2.26. The Bertz CT molecular complexity index is 918. The molecule has 0 aliphatic heterocycles. The second-order valence-electron chi connectivity index (χ2n) is 6.83. The van der Waals surface area contributed by atoms with Gasteiger partial charge in [-0.05, 0) is 56.0 Å². The first-order valence-corrected chi connectivity index (χ1v) is 9.09. The summed E-state index contributed by atoms with van der Waals surface area (Å²) in [6.45, 7) is -0.247. The van der Waals surface area contributed by atoms with Crippen molar-refractivity contribution < 1.29 is 14.6 Å². The SMILES string of the molecule is OCc1nccc(-c2c(-c3ccc(F)cc3)ncn2[C@H]2CC[C@H](O)CC2)n1. The summed E-state index contributed by atoms with van der Waals surface area (Å²) in [7, 11) is 0. The fourth-order valence-electron chi connectivity index (χ4n) is 3.65. The zero-order chi connectivity index (χ0) is 18.8. The summed E-state index contributed by atoms with van der Waals surface area (Å²) in [5.74, 6) is 0.0370. The summed E-state index contributed by atoms with van der Waals surface area (Å²) >= 11 is 0. The molecule has 6 nitrogen and oxygen atoms in total. The number of aliphatic hydroxyl groups is 2. The molecule has 1 saturated carbocycles. The molecule has 2 aromatic heterocycles. The molecule has 0 atom stereocenters. The molecule has 1 aliphatic rings. The van der Waals surface area contributed by atoms with Crippen LogP contribution in [0.25, 0.3) is 22.6 Å². The molecule has 7 heteroatoms. The summed E-state index contributed by atoms with van der Waals surface area (Å²) in [6, 6.07) is 8.21. The maximum absolute atomic E-state index is 13.4. The van der Waals surface area contributed by atoms with Gasteiger partial charge in [-0.1, -0.05) is 0 Å². The molecule has 0 unspecified atom stereocenters. The van der Waals surface area contributed by atoms with Gasteiger partial charge in [0.15, 0.2) is 5.82 Å². The van der Waals surface area contributed by atoms with Gasteiger partial charge in [0, 0.05) is 17.8 Å². The predicted octanol–water partition coefficient (Wildman–Crippen LogP) is 3.11. The second-order valence-corrected chi connectivity index (χ2v) is 6.83. The van der Waals surface area contributed by atoms with Crippen LogP contribution >= 0.6 is 0 Å². The molecular formula is C20H21FN4O2. The van der Waals surface area contributed by atoms with Crippen LogP contribution in [0, 0.1) is 5.82 Å². The lowest BCUT2D eigenvalue weighted by atomic mass is 9.92. The zero-order valence-electron chi connectivity index (χ0n) is 14.8. The third-order valence-electron chi connectivity index (χ3n) is 5.06. The summed E-state index contributed by atoms with van der Waals surface area (Å²) in [5, 5.41) is 19.2. The molecule has 140 valence electrons. The van der Waals surface area contributed by atoms with E-state index in [4.69, 9.17) is 0 Å². The van der Waals surface area contributed by atoms with Crippen molar-refractivity contribution in [1.29, 1.82) is 0 Å². The van der Waals surface area contributed by atoms with E-state index in [1.165, 1.54) is 12.1 Å². The van der Waals surface area contributed by atoms with Crippen molar-refractivity contribution in [3.05, 3.63) is 54.5 Å². The van der Waals surface area contributed by atoms with Crippen LogP contribution in [0.2, 0.25) is 0 Å². The number of benzene rings is 1. The Morgan fingerprint density at radius 2 is 1.78 bits per heavy atom. The average Bonchev–Trinajstić information content (AvgIpc) is 3.14. The standard InChI is InChI=1S/C20H21FN4O2/c21-14-3-1-13(2-4-14)19-20(17-9-10-22-18(11-26)24-17)25(12-23-19)15-5-7-16(27)8-6-15/h1-4,9-10,12,15-16,26-27H,5-8,11H2/t15-,16-. The highest BCUT2D eigenvalue weighted by Crippen LogP contribution is 2.37. The highest BCUT2D eigenvalue weighted by atomic mass is 19.1. The smallest absolute Gasteiger partial charge is 0.154 e. The van der Waals surface area contributed by atoms with Crippen LogP contribution in [0.5, 0.6) is 0 Å². The van der Waals surface area contributed by atoms with Crippen molar-refractivity contribution in [2.24, 2.45) is 0 Å². The Hall–Kier alpha value is -2.64. The molecule has 0 saturated heterocycles. The van der Waals surface area contributed by atoms with Gasteiger partial charge in [0.25, 0.3) is 0 Å². The zero-order valence-corrected chi connectivity index (χ0v) is 14.8. The molecule has 4 rings (SSSR count). The van der Waals surface area contributed by atoms with E-state index < -0.39 is 0 Å². The fourth-order valence-corrected chi connectivity index (χ4v) is 3.65. The molecule has 0 spiro atoms. The Morgan fingerprint density at radius 1 is 1.04 bits per heavy atom. The molecule has 1 fully saturated rings. The third-order valence-corrected chi connectivity index (χ3v) is 5.06. The van der Waals surface area contributed by atoms with E-state index in [0.717, 1.165) is 36.9 Å². The van der Waals surface area contributed by atoms with Crippen LogP contribution in [-0.4, -0.2) is 35.8 Å². The Balaban J connectivity index is 1.83. The lowest BCUT2D eigenvalue weighted by Crippen LogP contribution is -2.21. The van der Waals surface area contributed by atoms with Gasteiger partial charge in [-0.15, -0.1) is 0 Å². The van der Waals surface area contributed by atoms with Crippen LogP contribution in [0.3, 0.4) is 0 Å². The number of aromatic nitrogens is 4. The van der Waals surface area contributed by atoms with Gasteiger partial charge in [0.2, 0.25) is 0 Å². The highest BCUT2D eigenvalue weighted by molar-refractivity contribution is 5.76. The molecule has 1 aromatic carbocycles. The predicted molar refractivity (Wildman–Crippen MR) is 98.1 cm³/mol. The summed E-state index contributed by atoms with van der Waals surface area (Å²) in [6.07, 6.45) is 6.36. The van der Waals surface area contributed by atoms with Crippen LogP contribution < -0.4 is 0 Å². The molecular weight excluding hydrogens is 347 g/mol. The van der Waals surface area contributed by atoms with E-state index in [-0.39, 0.29) is 24.6 Å². The van der Waals surface area contributed by atoms with Crippen molar-refractivity contribution in [2.75, 3.05) is 0 Å². The van der Waals surface area contributed by atoms with Gasteiger partial charge in [-0.25, -0.2) is 19.3 Å². The molecule has 3 aromatic rings. The maximum atomic E-state index is 13.4. The number of rotatable bonds is 4. The Morgan fingerprint density at radius 3 is 2.48 bits per heavy atom. The van der Waals surface area contributed by atoms with Gasteiger partial charge in [-0.3, -0.25) is 0 Å². The van der Waals surface area contributed by atoms with Gasteiger partial charge in [0.05, 0.1) is 29.5 Å². The molecule has 27 heavy (non-hydrogen) atoms. The van der Waals surface area contributed by atoms with E-state index in [2.05, 4.69) is 19.5 Å². The number of aliphatic hydroxyl groups excluding tert-OH is 2. The maximum Gasteiger partial charge on any atom is 0.154 e. The first-order valence-electron chi connectivity index (χ1n) is 9.09. The van der Waals surface area contributed by atoms with Crippen molar-refractivity contribution in [2.45, 2.75) is 44.4 Å². The summed E-state index contributed by atoms with van der Waals surface area (Å²) in [5.41, 5.74) is 2.99. The van der Waals surface area contributed by atoms with E-state index in [0.29, 0.717) is 17.2 Å². The number of hydrogen-bond donors (Lipinski definition) is 2. The van der Waals surface area contributed by atoms with E-state index in [1.807, 2.05) is 0 Å². The van der Waals surface area contributed by atoms with Gasteiger partial charge in [-0.2, -0.15) is 0 Å². The number of imidazole rings is 1. The number of halogens is 1. The largest absolute Gasteiger partial charge is 0.393 e. The topological polar surface area (TPSA) is 84.1 Å². The average molecular weight is 368 g/mol. The molecule has 2 N–H and O–H groups in total. The third kappa shape index (κ3) is 3.61. The lowest BCUT2D eigenvalue weighted by Gasteiger charge is -2.28. The van der Waals surface area contributed by atoms with Gasteiger partial charge < -0.3 is 14.8 Å². The minimum Gasteiger partial charge on any atom is -0.393 e. The molecule has 0 bridgehead atoms. The minimum atomic E-state index is -0.300. The number of hydrogen-bond acceptors (Lipinski definition) is 5. The first kappa shape index (κ1) is 17.8. The van der Waals surface area contributed by atoms with Crippen molar-refractivity contribution in [1.82, 2.24) is 19.5 Å². The molecule has 2 heterocycles. The van der Waals surface area contributed by atoms with Crippen molar-refractivity contribution >= 4 is 0 Å². The molecule has 0 amide bonds. The second kappa shape index (κ2) is 7.54. The Labute approximate surface area is 156 Å². The molecule has 0 radical (unpaired) electrons. The quantitative estimate of drug-likeness (QED) is 0.739. The van der Waals surface area contributed by atoms with Crippen LogP contribution in [0.4, 0.5) is 4.39 Å². The van der Waals surface area contributed by atoms with Crippen LogP contribution in [-0.2, 0) is 6.61 Å². The number of nitrogens with zero attached hydrogens (tertiary/aromatic N) is 4. The summed E-state index contributed by atoms with van der Waals surface area (Å²) in [4.78, 5) is 13.1. The monoisotopic (exact) mass is 368 g/mol. The Kier molecular flexibility index (Phi) is 4.96. The minimum absolute atomic E-state index is 0.206. The van der Waals surface area contributed by atoms with E-state index in [9.17, 15) is 14.6 Å². The van der Waals surface area contributed by atoms with Gasteiger partial charge in [0.1, 0.15) is 12.4 Å². The fraction of sp³-hybridized carbons (Fsp3) is 0.350. The van der Waals surface area contributed by atoms with Gasteiger partial charge >= 0.3 is 0 Å². The normalized spacial score (nSPS) is 20.0. The van der Waals surface area contributed by atoms with Crippen molar-refractivity contribution in [3.63, 3.8) is 0 Å². The summed E-state index contributed by atoms with van der Waals surface area (Å²) < 4.78 is 15.5. The first-order chi connectivity index (χ1) is 13.2. The lowest BCUT2D eigenvalue weighted by molar-refractivity contribution is 0.111. The van der Waals surface area contributed by atoms with Crippen LogP contribution in [0.1, 0.15) is 37.5 Å².